The molecule has 0 aromatic heterocycles. The van der Waals surface area contributed by atoms with Crippen LogP contribution in [0.1, 0.15) is 31.7 Å². The maximum atomic E-state index is 9.96. The van der Waals surface area contributed by atoms with Crippen molar-refractivity contribution in [3.63, 3.8) is 0 Å². The molecule has 1 aliphatic rings. The molecule has 1 saturated heterocycles. The lowest BCUT2D eigenvalue weighted by Crippen LogP contribution is -2.56. The Morgan fingerprint density at radius 1 is 1.22 bits per heavy atom. The molecule has 2 rings (SSSR count). The van der Waals surface area contributed by atoms with Gasteiger partial charge in [0.05, 0.1) is 31.5 Å². The van der Waals surface area contributed by atoms with Gasteiger partial charge in [-0.25, -0.2) is 0 Å². The lowest BCUT2D eigenvalue weighted by molar-refractivity contribution is -0.0895. The first-order valence-corrected chi connectivity index (χ1v) is 8.58. The van der Waals surface area contributed by atoms with Gasteiger partial charge in [0.2, 0.25) is 0 Å². The van der Waals surface area contributed by atoms with Crippen LogP contribution >= 0.6 is 0 Å². The van der Waals surface area contributed by atoms with Crippen LogP contribution in [0.15, 0.2) is 24.3 Å². The first-order chi connectivity index (χ1) is 11.2. The quantitative estimate of drug-likeness (QED) is 0.670. The van der Waals surface area contributed by atoms with Crippen molar-refractivity contribution in [1.29, 1.82) is 0 Å². The number of aliphatic hydroxyl groups is 3. The number of hydrogen-bond acceptors (Lipinski definition) is 5. The minimum absolute atomic E-state index is 0.123. The standard InChI is InChI=1S/C18H29NO4/c1-2-12-23-15-7-5-14(6-8-15)4-3-10-19-11-9-17(21)18(22)16(19)13-20/h5-8,16-18,20-22H,2-4,9-13H2,1H3/t16-,17-,18-/m1/s1. The van der Waals surface area contributed by atoms with E-state index in [9.17, 15) is 15.3 Å². The third kappa shape index (κ3) is 5.18. The van der Waals surface area contributed by atoms with Crippen molar-refractivity contribution in [2.45, 2.75) is 50.9 Å². The Hall–Kier alpha value is -1.14. The molecule has 0 spiro atoms. The predicted octanol–water partition coefficient (Wildman–Crippen LogP) is 1.20. The van der Waals surface area contributed by atoms with Crippen LogP contribution in [-0.2, 0) is 6.42 Å². The van der Waals surface area contributed by atoms with Crippen LogP contribution in [0.25, 0.3) is 0 Å². The average Bonchev–Trinajstić information content (AvgIpc) is 2.57. The molecule has 0 radical (unpaired) electrons. The highest BCUT2D eigenvalue weighted by atomic mass is 16.5. The molecule has 0 saturated carbocycles. The van der Waals surface area contributed by atoms with Crippen molar-refractivity contribution in [1.82, 2.24) is 4.90 Å². The second-order valence-electron chi connectivity index (χ2n) is 6.23. The molecule has 3 atom stereocenters. The molecular formula is C18H29NO4. The molecule has 0 bridgehead atoms. The summed E-state index contributed by atoms with van der Waals surface area (Å²) in [5, 5.41) is 29.1. The molecule has 1 heterocycles. The second-order valence-corrected chi connectivity index (χ2v) is 6.23. The summed E-state index contributed by atoms with van der Waals surface area (Å²) < 4.78 is 5.57. The molecule has 1 aromatic rings. The normalized spacial score (nSPS) is 25.5. The fourth-order valence-electron chi connectivity index (χ4n) is 3.07. The summed E-state index contributed by atoms with van der Waals surface area (Å²) in [6.07, 6.45) is 1.88. The van der Waals surface area contributed by atoms with E-state index in [1.54, 1.807) is 0 Å². The number of rotatable bonds is 8. The van der Waals surface area contributed by atoms with Crippen molar-refractivity contribution in [3.8, 4) is 5.75 Å². The van der Waals surface area contributed by atoms with E-state index in [0.29, 0.717) is 13.0 Å². The topological polar surface area (TPSA) is 73.2 Å². The van der Waals surface area contributed by atoms with E-state index >= 15 is 0 Å². The van der Waals surface area contributed by atoms with Crippen LogP contribution in [0.2, 0.25) is 0 Å². The fraction of sp³-hybridized carbons (Fsp3) is 0.667. The van der Waals surface area contributed by atoms with E-state index in [-0.39, 0.29) is 12.6 Å². The third-order valence-electron chi connectivity index (χ3n) is 4.46. The van der Waals surface area contributed by atoms with Gasteiger partial charge in [-0.05, 0) is 49.9 Å². The zero-order valence-corrected chi connectivity index (χ0v) is 13.9. The molecule has 5 heteroatoms. The van der Waals surface area contributed by atoms with Crippen LogP contribution in [0.4, 0.5) is 0 Å². The van der Waals surface area contributed by atoms with Crippen LogP contribution in [0.5, 0.6) is 5.75 Å². The van der Waals surface area contributed by atoms with Crippen LogP contribution in [0.3, 0.4) is 0 Å². The van der Waals surface area contributed by atoms with Gasteiger partial charge < -0.3 is 20.1 Å². The molecule has 1 fully saturated rings. The lowest BCUT2D eigenvalue weighted by Gasteiger charge is -2.40. The predicted molar refractivity (Wildman–Crippen MR) is 89.6 cm³/mol. The minimum Gasteiger partial charge on any atom is -0.494 e. The molecule has 0 unspecified atom stereocenters. The van der Waals surface area contributed by atoms with E-state index in [2.05, 4.69) is 24.0 Å². The van der Waals surface area contributed by atoms with Gasteiger partial charge in [-0.3, -0.25) is 4.90 Å². The largest absolute Gasteiger partial charge is 0.494 e. The Morgan fingerprint density at radius 3 is 2.61 bits per heavy atom. The Balaban J connectivity index is 1.77. The van der Waals surface area contributed by atoms with Crippen molar-refractivity contribution in [2.24, 2.45) is 0 Å². The zero-order chi connectivity index (χ0) is 16.7. The molecule has 3 N–H and O–H groups in total. The zero-order valence-electron chi connectivity index (χ0n) is 13.9. The Labute approximate surface area is 138 Å². The van der Waals surface area contributed by atoms with Crippen LogP contribution < -0.4 is 4.74 Å². The third-order valence-corrected chi connectivity index (χ3v) is 4.46. The van der Waals surface area contributed by atoms with Gasteiger partial charge in [-0.15, -0.1) is 0 Å². The highest BCUT2D eigenvalue weighted by molar-refractivity contribution is 5.27. The summed E-state index contributed by atoms with van der Waals surface area (Å²) in [6, 6.07) is 7.82. The first-order valence-electron chi connectivity index (χ1n) is 8.58. The number of benzene rings is 1. The number of aryl methyl sites for hydroxylation is 1. The van der Waals surface area contributed by atoms with E-state index in [1.165, 1.54) is 5.56 Å². The molecule has 0 aliphatic carbocycles. The fourth-order valence-corrected chi connectivity index (χ4v) is 3.07. The number of likely N-dealkylation sites (tertiary alicyclic amines) is 1. The van der Waals surface area contributed by atoms with Crippen molar-refractivity contribution in [3.05, 3.63) is 29.8 Å². The summed E-state index contributed by atoms with van der Waals surface area (Å²) in [7, 11) is 0. The van der Waals surface area contributed by atoms with Gasteiger partial charge in [-0.1, -0.05) is 19.1 Å². The summed E-state index contributed by atoms with van der Waals surface area (Å²) in [5.74, 6) is 0.907. The van der Waals surface area contributed by atoms with Gasteiger partial charge in [-0.2, -0.15) is 0 Å². The number of ether oxygens (including phenoxy) is 1. The van der Waals surface area contributed by atoms with E-state index in [0.717, 1.165) is 38.2 Å². The SMILES string of the molecule is CCCOc1ccc(CCCN2CC[C@@H](O)[C@H](O)[C@H]2CO)cc1. The Morgan fingerprint density at radius 2 is 1.96 bits per heavy atom. The maximum absolute atomic E-state index is 9.96. The first kappa shape index (κ1) is 18.2. The highest BCUT2D eigenvalue weighted by Gasteiger charge is 2.35. The minimum atomic E-state index is -0.858. The van der Waals surface area contributed by atoms with E-state index in [4.69, 9.17) is 4.74 Å². The molecular weight excluding hydrogens is 294 g/mol. The van der Waals surface area contributed by atoms with Gasteiger partial charge >= 0.3 is 0 Å². The Bertz CT molecular complexity index is 451. The lowest BCUT2D eigenvalue weighted by atomic mass is 9.96. The number of nitrogens with zero attached hydrogens (tertiary/aromatic N) is 1. The summed E-state index contributed by atoms with van der Waals surface area (Å²) >= 11 is 0. The molecule has 23 heavy (non-hydrogen) atoms. The summed E-state index contributed by atoms with van der Waals surface area (Å²) in [4.78, 5) is 2.08. The molecule has 1 aromatic carbocycles. The van der Waals surface area contributed by atoms with Crippen LogP contribution in [0, 0.1) is 0 Å². The average molecular weight is 323 g/mol. The second kappa shape index (κ2) is 9.23. The summed E-state index contributed by atoms with van der Waals surface area (Å²) in [5.41, 5.74) is 1.26. The number of aliphatic hydroxyl groups excluding tert-OH is 3. The van der Waals surface area contributed by atoms with E-state index in [1.807, 2.05) is 12.1 Å². The molecule has 1 aliphatic heterocycles. The van der Waals surface area contributed by atoms with Crippen molar-refractivity contribution in [2.75, 3.05) is 26.3 Å². The number of hydrogen-bond donors (Lipinski definition) is 3. The smallest absolute Gasteiger partial charge is 0.119 e. The molecule has 130 valence electrons. The summed E-state index contributed by atoms with van der Waals surface area (Å²) in [6.45, 7) is 4.23. The van der Waals surface area contributed by atoms with Gasteiger partial charge in [0.1, 0.15) is 5.75 Å². The maximum Gasteiger partial charge on any atom is 0.119 e. The van der Waals surface area contributed by atoms with Crippen LogP contribution in [-0.4, -0.2) is 64.8 Å². The molecule has 0 amide bonds. The highest BCUT2D eigenvalue weighted by Crippen LogP contribution is 2.19. The van der Waals surface area contributed by atoms with Crippen molar-refractivity contribution >= 4 is 0 Å². The monoisotopic (exact) mass is 323 g/mol. The van der Waals surface area contributed by atoms with Gasteiger partial charge in [0, 0.05) is 6.54 Å². The van der Waals surface area contributed by atoms with Gasteiger partial charge in [0.15, 0.2) is 0 Å². The molecule has 5 nitrogen and oxygen atoms in total. The Kier molecular flexibility index (Phi) is 7.30. The van der Waals surface area contributed by atoms with E-state index < -0.39 is 12.2 Å². The van der Waals surface area contributed by atoms with Crippen molar-refractivity contribution < 1.29 is 20.1 Å². The van der Waals surface area contributed by atoms with Gasteiger partial charge in [0.25, 0.3) is 0 Å². The number of piperidine rings is 1.